The lowest BCUT2D eigenvalue weighted by molar-refractivity contribution is -0.245. The SMILES string of the molecule is Cn1cnnc1SC[C@H]1C[C@@H](c2ccc(CO)cc2)O[C@@H](c2ccc(-c3cccc(CNC(=O)CCCC(=O)NO)c3)cc2)O1. The largest absolute Gasteiger partial charge is 0.392 e. The molecule has 0 radical (unpaired) electrons. The van der Waals surface area contributed by atoms with Crippen LogP contribution in [0.1, 0.15) is 60.3 Å². The number of benzene rings is 3. The lowest BCUT2D eigenvalue weighted by atomic mass is 9.99. The van der Waals surface area contributed by atoms with Crippen LogP contribution in [-0.2, 0) is 39.3 Å². The van der Waals surface area contributed by atoms with Gasteiger partial charge in [0.05, 0.1) is 18.8 Å². The predicted octanol–water partition coefficient (Wildman–Crippen LogP) is 4.60. The van der Waals surface area contributed by atoms with Crippen LogP contribution in [0.2, 0.25) is 0 Å². The van der Waals surface area contributed by atoms with Gasteiger partial charge >= 0.3 is 0 Å². The van der Waals surface area contributed by atoms with Gasteiger partial charge in [-0.2, -0.15) is 0 Å². The van der Waals surface area contributed by atoms with Crippen LogP contribution in [0.25, 0.3) is 11.1 Å². The van der Waals surface area contributed by atoms with E-state index in [1.54, 1.807) is 23.6 Å². The van der Waals surface area contributed by atoms with Crippen molar-refractivity contribution in [2.75, 3.05) is 5.75 Å². The van der Waals surface area contributed by atoms with Crippen LogP contribution in [-0.4, -0.2) is 48.7 Å². The van der Waals surface area contributed by atoms with Crippen molar-refractivity contribution in [1.82, 2.24) is 25.6 Å². The average molecular weight is 632 g/mol. The maximum absolute atomic E-state index is 12.2. The number of hydrogen-bond donors (Lipinski definition) is 4. The number of carbonyl (C=O) groups excluding carboxylic acids is 2. The average Bonchev–Trinajstić information content (AvgIpc) is 3.50. The highest BCUT2D eigenvalue weighted by Gasteiger charge is 2.32. The van der Waals surface area contributed by atoms with Gasteiger partial charge in [0.1, 0.15) is 6.33 Å². The van der Waals surface area contributed by atoms with Gasteiger partial charge < -0.3 is 24.5 Å². The number of amides is 2. The second-order valence-corrected chi connectivity index (χ2v) is 11.9. The molecule has 4 aromatic rings. The molecule has 5 rings (SSSR count). The molecule has 12 heteroatoms. The highest BCUT2D eigenvalue weighted by Crippen LogP contribution is 2.39. The molecular formula is C33H37N5O6S. The number of ether oxygens (including phenoxy) is 2. The maximum atomic E-state index is 12.2. The number of aromatic nitrogens is 3. The van der Waals surface area contributed by atoms with Crippen molar-refractivity contribution in [2.24, 2.45) is 7.05 Å². The summed E-state index contributed by atoms with van der Waals surface area (Å²) in [5, 5.41) is 29.9. The van der Waals surface area contributed by atoms with E-state index in [9.17, 15) is 14.7 Å². The van der Waals surface area contributed by atoms with E-state index in [1.807, 2.05) is 84.4 Å². The zero-order chi connectivity index (χ0) is 31.6. The van der Waals surface area contributed by atoms with Gasteiger partial charge in [0, 0.05) is 44.2 Å². The van der Waals surface area contributed by atoms with Crippen LogP contribution in [0.5, 0.6) is 0 Å². The highest BCUT2D eigenvalue weighted by atomic mass is 32.2. The van der Waals surface area contributed by atoms with Crippen LogP contribution in [0.3, 0.4) is 0 Å². The van der Waals surface area contributed by atoms with Gasteiger partial charge in [-0.25, -0.2) is 5.48 Å². The molecule has 1 aliphatic heterocycles. The van der Waals surface area contributed by atoms with E-state index < -0.39 is 12.2 Å². The number of aliphatic hydroxyl groups is 1. The second-order valence-electron chi connectivity index (χ2n) is 10.9. The number of thioether (sulfide) groups is 1. The van der Waals surface area contributed by atoms with Crippen LogP contribution in [0.4, 0.5) is 0 Å². The van der Waals surface area contributed by atoms with Gasteiger partial charge in [0.2, 0.25) is 11.8 Å². The third kappa shape index (κ3) is 8.99. The molecule has 1 fully saturated rings. The van der Waals surface area contributed by atoms with E-state index in [4.69, 9.17) is 14.7 Å². The molecule has 2 amide bonds. The lowest BCUT2D eigenvalue weighted by Crippen LogP contribution is -2.31. The number of rotatable bonds is 13. The van der Waals surface area contributed by atoms with Crippen LogP contribution in [0, 0.1) is 0 Å². The normalized spacial score (nSPS) is 18.0. The van der Waals surface area contributed by atoms with Crippen molar-refractivity contribution in [2.45, 2.75) is 62.5 Å². The Bertz CT molecular complexity index is 1560. The Morgan fingerprint density at radius 2 is 1.71 bits per heavy atom. The highest BCUT2D eigenvalue weighted by molar-refractivity contribution is 7.99. The van der Waals surface area contributed by atoms with Crippen molar-refractivity contribution < 1.29 is 29.4 Å². The molecule has 3 aromatic carbocycles. The number of hydroxylamine groups is 1. The molecule has 0 unspecified atom stereocenters. The first-order valence-electron chi connectivity index (χ1n) is 14.8. The fraction of sp³-hybridized carbons (Fsp3) is 0.333. The van der Waals surface area contributed by atoms with Crippen molar-refractivity contribution in [3.8, 4) is 11.1 Å². The number of aryl methyl sites for hydroxylation is 1. The summed E-state index contributed by atoms with van der Waals surface area (Å²) in [4.78, 5) is 23.3. The van der Waals surface area contributed by atoms with Gasteiger partial charge in [-0.15, -0.1) is 10.2 Å². The van der Waals surface area contributed by atoms with Crippen molar-refractivity contribution >= 4 is 23.6 Å². The minimum atomic E-state index is -0.564. The first kappa shape index (κ1) is 32.3. The van der Waals surface area contributed by atoms with E-state index >= 15 is 0 Å². The van der Waals surface area contributed by atoms with Gasteiger partial charge in [0.15, 0.2) is 11.4 Å². The summed E-state index contributed by atoms with van der Waals surface area (Å²) in [5.74, 6) is 0.0318. The Hall–Kier alpha value is -4.07. The molecule has 45 heavy (non-hydrogen) atoms. The van der Waals surface area contributed by atoms with E-state index in [-0.39, 0.29) is 37.6 Å². The monoisotopic (exact) mass is 631 g/mol. The molecule has 0 spiro atoms. The van der Waals surface area contributed by atoms with Gasteiger partial charge in [-0.05, 0) is 40.3 Å². The topological polar surface area (TPSA) is 148 Å². The molecule has 1 saturated heterocycles. The Morgan fingerprint density at radius 1 is 0.956 bits per heavy atom. The van der Waals surface area contributed by atoms with Crippen LogP contribution < -0.4 is 10.8 Å². The fourth-order valence-corrected chi connectivity index (χ4v) is 5.95. The Kier molecular flexibility index (Phi) is 11.3. The van der Waals surface area contributed by atoms with Crippen LogP contribution in [0.15, 0.2) is 84.3 Å². The molecule has 0 aliphatic carbocycles. The molecule has 1 aromatic heterocycles. The number of nitrogens with one attached hydrogen (secondary N) is 2. The number of aliphatic hydroxyl groups excluding tert-OH is 1. The smallest absolute Gasteiger partial charge is 0.243 e. The quantitative estimate of drug-likeness (QED) is 0.0944. The number of carbonyl (C=O) groups is 2. The van der Waals surface area contributed by atoms with Gasteiger partial charge in [-0.3, -0.25) is 14.8 Å². The van der Waals surface area contributed by atoms with E-state index in [0.29, 0.717) is 25.1 Å². The molecule has 0 bridgehead atoms. The van der Waals surface area contributed by atoms with Gasteiger partial charge in [-0.1, -0.05) is 78.5 Å². The molecular weight excluding hydrogens is 594 g/mol. The Balaban J connectivity index is 1.24. The van der Waals surface area contributed by atoms with E-state index in [0.717, 1.165) is 38.5 Å². The Morgan fingerprint density at radius 3 is 2.42 bits per heavy atom. The minimum absolute atomic E-state index is 0.00814. The van der Waals surface area contributed by atoms with Gasteiger partial charge in [0.25, 0.3) is 0 Å². The number of nitrogens with zero attached hydrogens (tertiary/aromatic N) is 3. The summed E-state index contributed by atoms with van der Waals surface area (Å²) >= 11 is 1.60. The summed E-state index contributed by atoms with van der Waals surface area (Å²) in [7, 11) is 1.92. The summed E-state index contributed by atoms with van der Waals surface area (Å²) in [6.07, 6.45) is 2.17. The predicted molar refractivity (Wildman–Crippen MR) is 168 cm³/mol. The molecule has 2 heterocycles. The Labute approximate surface area is 265 Å². The summed E-state index contributed by atoms with van der Waals surface area (Å²) in [5.41, 5.74) is 7.34. The maximum Gasteiger partial charge on any atom is 0.243 e. The number of hydrogen-bond acceptors (Lipinski definition) is 9. The van der Waals surface area contributed by atoms with Crippen LogP contribution >= 0.6 is 11.8 Å². The lowest BCUT2D eigenvalue weighted by Gasteiger charge is -2.36. The molecule has 11 nitrogen and oxygen atoms in total. The molecule has 1 aliphatic rings. The molecule has 3 atom stereocenters. The standard InChI is InChI=1S/C33H37N5O6S/c1-38-21-35-36-33(38)45-20-28-17-29(25-10-8-22(19-39)9-11-25)44-32(43-28)26-14-12-24(13-15-26)27-5-2-4-23(16-27)18-34-30(40)6-3-7-31(41)37-42/h2,4-5,8-16,21,28-29,32,39,42H,3,6-7,17-20H2,1H3,(H,34,40)(H,37,41)/t28-,29+,32+/m1/s1. The first-order valence-corrected chi connectivity index (χ1v) is 15.8. The zero-order valence-electron chi connectivity index (χ0n) is 25.0. The summed E-state index contributed by atoms with van der Waals surface area (Å²) < 4.78 is 14.8. The fourth-order valence-electron chi connectivity index (χ4n) is 5.04. The molecule has 236 valence electrons. The van der Waals surface area contributed by atoms with Crippen molar-refractivity contribution in [3.63, 3.8) is 0 Å². The molecule has 0 saturated carbocycles. The first-order chi connectivity index (χ1) is 21.9. The van der Waals surface area contributed by atoms with E-state index in [2.05, 4.69) is 15.5 Å². The zero-order valence-corrected chi connectivity index (χ0v) is 25.8. The summed E-state index contributed by atoms with van der Waals surface area (Å²) in [6.45, 7) is 0.362. The van der Waals surface area contributed by atoms with Crippen molar-refractivity contribution in [3.05, 3.63) is 101 Å². The van der Waals surface area contributed by atoms with E-state index in [1.165, 1.54) is 0 Å². The summed E-state index contributed by atoms with van der Waals surface area (Å²) in [6, 6.07) is 23.9. The minimum Gasteiger partial charge on any atom is -0.392 e. The second kappa shape index (κ2) is 15.8. The van der Waals surface area contributed by atoms with Crippen molar-refractivity contribution in [1.29, 1.82) is 0 Å². The third-order valence-electron chi connectivity index (χ3n) is 7.55. The molecule has 4 N–H and O–H groups in total. The third-order valence-corrected chi connectivity index (χ3v) is 8.71.